The smallest absolute Gasteiger partial charge is 0.264 e. The first-order valence-corrected chi connectivity index (χ1v) is 10.6. The van der Waals surface area contributed by atoms with Crippen molar-refractivity contribution in [2.24, 2.45) is 5.10 Å². The molecule has 0 heterocycles. The van der Waals surface area contributed by atoms with Crippen LogP contribution in [0.1, 0.15) is 11.1 Å². The number of rotatable bonds is 7. The molecule has 0 atom stereocenters. The van der Waals surface area contributed by atoms with Crippen molar-refractivity contribution in [2.45, 2.75) is 11.8 Å². The molecule has 154 valence electrons. The van der Waals surface area contributed by atoms with Gasteiger partial charge >= 0.3 is 0 Å². The number of para-hydroxylation sites is 2. The molecule has 3 aromatic carbocycles. The second-order valence-electron chi connectivity index (χ2n) is 6.51. The number of phenolic OH excluding ortho intramolecular Hbond substituents is 1. The molecule has 0 aliphatic heterocycles. The van der Waals surface area contributed by atoms with Crippen LogP contribution in [0.5, 0.6) is 5.75 Å². The lowest BCUT2D eigenvalue weighted by Crippen LogP contribution is -2.39. The van der Waals surface area contributed by atoms with Crippen molar-refractivity contribution < 1.29 is 18.3 Å². The third-order valence-electron chi connectivity index (χ3n) is 4.27. The number of benzene rings is 3. The molecule has 30 heavy (non-hydrogen) atoms. The van der Waals surface area contributed by atoms with Crippen molar-refractivity contribution in [2.75, 3.05) is 10.8 Å². The van der Waals surface area contributed by atoms with Crippen LogP contribution in [0.4, 0.5) is 5.69 Å². The molecule has 0 aliphatic rings. The lowest BCUT2D eigenvalue weighted by Gasteiger charge is -2.23. The molecule has 0 aliphatic carbocycles. The van der Waals surface area contributed by atoms with Gasteiger partial charge < -0.3 is 5.11 Å². The first-order chi connectivity index (χ1) is 14.4. The molecular formula is C22H21N3O4S. The van der Waals surface area contributed by atoms with Gasteiger partial charge in [0.15, 0.2) is 0 Å². The van der Waals surface area contributed by atoms with E-state index in [1.54, 1.807) is 60.7 Å². The predicted molar refractivity (Wildman–Crippen MR) is 116 cm³/mol. The third kappa shape index (κ3) is 5.03. The minimum Gasteiger partial charge on any atom is -0.507 e. The van der Waals surface area contributed by atoms with Gasteiger partial charge in [-0.25, -0.2) is 13.8 Å². The normalized spacial score (nSPS) is 11.4. The molecule has 0 aromatic heterocycles. The van der Waals surface area contributed by atoms with Crippen LogP contribution in [-0.2, 0) is 14.8 Å². The van der Waals surface area contributed by atoms with Gasteiger partial charge in [0, 0.05) is 5.56 Å². The van der Waals surface area contributed by atoms with E-state index < -0.39 is 22.5 Å². The van der Waals surface area contributed by atoms with Crippen molar-refractivity contribution in [3.05, 3.63) is 90.0 Å². The number of hydrazone groups is 1. The van der Waals surface area contributed by atoms with Crippen LogP contribution in [0.15, 0.2) is 88.9 Å². The molecule has 0 spiro atoms. The Kier molecular flexibility index (Phi) is 6.48. The van der Waals surface area contributed by atoms with E-state index in [4.69, 9.17) is 0 Å². The Balaban J connectivity index is 1.82. The number of carbonyl (C=O) groups is 1. The van der Waals surface area contributed by atoms with Gasteiger partial charge in [0.05, 0.1) is 16.8 Å². The Morgan fingerprint density at radius 2 is 1.63 bits per heavy atom. The highest BCUT2D eigenvalue weighted by atomic mass is 32.2. The van der Waals surface area contributed by atoms with E-state index in [0.717, 1.165) is 9.87 Å². The topological polar surface area (TPSA) is 99.1 Å². The number of phenols is 1. The number of anilines is 1. The molecule has 0 bridgehead atoms. The van der Waals surface area contributed by atoms with Crippen LogP contribution in [-0.4, -0.2) is 32.2 Å². The van der Waals surface area contributed by atoms with Crippen LogP contribution in [0.3, 0.4) is 0 Å². The monoisotopic (exact) mass is 423 g/mol. The summed E-state index contributed by atoms with van der Waals surface area (Å²) in [5.74, 6) is -0.607. The molecule has 0 unspecified atom stereocenters. The van der Waals surface area contributed by atoms with Gasteiger partial charge in [-0.15, -0.1) is 0 Å². The zero-order valence-electron chi connectivity index (χ0n) is 16.3. The zero-order chi connectivity index (χ0) is 21.6. The van der Waals surface area contributed by atoms with Gasteiger partial charge in [-0.3, -0.25) is 9.10 Å². The number of carbonyl (C=O) groups excluding carboxylic acids is 1. The fourth-order valence-corrected chi connectivity index (χ4v) is 4.10. The SMILES string of the molecule is Cc1ccc(S(=O)(=O)N(CC(=O)N/N=C\c2ccccc2O)c2ccccc2)cc1. The number of amides is 1. The number of aryl methyl sites for hydroxylation is 1. The Labute approximate surface area is 175 Å². The summed E-state index contributed by atoms with van der Waals surface area (Å²) < 4.78 is 27.4. The number of hydrogen-bond acceptors (Lipinski definition) is 5. The zero-order valence-corrected chi connectivity index (χ0v) is 17.1. The van der Waals surface area contributed by atoms with Gasteiger partial charge in [0.2, 0.25) is 0 Å². The molecule has 0 radical (unpaired) electrons. The van der Waals surface area contributed by atoms with Crippen LogP contribution in [0.25, 0.3) is 0 Å². The fourth-order valence-electron chi connectivity index (χ4n) is 2.68. The molecule has 7 nitrogen and oxygen atoms in total. The first-order valence-electron chi connectivity index (χ1n) is 9.12. The molecule has 0 fully saturated rings. The highest BCUT2D eigenvalue weighted by molar-refractivity contribution is 7.92. The molecule has 1 amide bonds. The quantitative estimate of drug-likeness (QED) is 0.451. The summed E-state index contributed by atoms with van der Waals surface area (Å²) in [5, 5.41) is 13.5. The van der Waals surface area contributed by atoms with E-state index in [2.05, 4.69) is 10.5 Å². The molecule has 0 saturated carbocycles. The van der Waals surface area contributed by atoms with E-state index in [9.17, 15) is 18.3 Å². The summed E-state index contributed by atoms with van der Waals surface area (Å²) in [5.41, 5.74) is 4.01. The van der Waals surface area contributed by atoms with Crippen molar-refractivity contribution in [3.8, 4) is 5.75 Å². The number of nitrogens with zero attached hydrogens (tertiary/aromatic N) is 2. The molecule has 0 saturated heterocycles. The summed E-state index contributed by atoms with van der Waals surface area (Å²) in [6.07, 6.45) is 1.29. The fraction of sp³-hybridized carbons (Fsp3) is 0.0909. The number of hydrogen-bond donors (Lipinski definition) is 2. The molecule has 3 aromatic rings. The van der Waals surface area contributed by atoms with Crippen LogP contribution in [0, 0.1) is 6.92 Å². The van der Waals surface area contributed by atoms with Gasteiger partial charge in [0.1, 0.15) is 12.3 Å². The minimum absolute atomic E-state index is 0.0170. The average Bonchev–Trinajstić information content (AvgIpc) is 2.74. The number of sulfonamides is 1. The third-order valence-corrected chi connectivity index (χ3v) is 6.06. The Morgan fingerprint density at radius 1 is 1.00 bits per heavy atom. The van der Waals surface area contributed by atoms with E-state index in [-0.39, 0.29) is 10.6 Å². The summed E-state index contributed by atoms with van der Waals surface area (Å²) in [7, 11) is -3.97. The van der Waals surface area contributed by atoms with E-state index in [0.29, 0.717) is 11.3 Å². The van der Waals surface area contributed by atoms with Crippen molar-refractivity contribution >= 4 is 27.8 Å². The Bertz CT molecular complexity index is 1140. The van der Waals surface area contributed by atoms with Crippen molar-refractivity contribution in [1.29, 1.82) is 0 Å². The number of nitrogens with one attached hydrogen (secondary N) is 1. The van der Waals surface area contributed by atoms with Gasteiger partial charge in [-0.2, -0.15) is 5.10 Å². The van der Waals surface area contributed by atoms with E-state index >= 15 is 0 Å². The van der Waals surface area contributed by atoms with Crippen LogP contribution in [0.2, 0.25) is 0 Å². The predicted octanol–water partition coefficient (Wildman–Crippen LogP) is 3.05. The minimum atomic E-state index is -3.97. The van der Waals surface area contributed by atoms with E-state index in [1.165, 1.54) is 24.4 Å². The Morgan fingerprint density at radius 3 is 2.30 bits per heavy atom. The molecule has 2 N–H and O–H groups in total. The maximum Gasteiger partial charge on any atom is 0.264 e. The lowest BCUT2D eigenvalue weighted by molar-refractivity contribution is -0.119. The highest BCUT2D eigenvalue weighted by Gasteiger charge is 2.27. The summed E-state index contributed by atoms with van der Waals surface area (Å²) in [6.45, 7) is 1.40. The first kappa shape index (κ1) is 21.1. The van der Waals surface area contributed by atoms with Crippen LogP contribution < -0.4 is 9.73 Å². The summed E-state index contributed by atoms with van der Waals surface area (Å²) >= 11 is 0. The number of aromatic hydroxyl groups is 1. The van der Waals surface area contributed by atoms with Gasteiger partial charge in [-0.1, -0.05) is 48.0 Å². The average molecular weight is 423 g/mol. The Hall–Kier alpha value is -3.65. The molecule has 3 rings (SSSR count). The maximum atomic E-state index is 13.2. The second-order valence-corrected chi connectivity index (χ2v) is 8.37. The van der Waals surface area contributed by atoms with Crippen molar-refractivity contribution in [3.63, 3.8) is 0 Å². The lowest BCUT2D eigenvalue weighted by atomic mass is 10.2. The standard InChI is InChI=1S/C22H21N3O4S/c1-17-11-13-20(14-12-17)30(28,29)25(19-8-3-2-4-9-19)16-22(27)24-23-15-18-7-5-6-10-21(18)26/h2-15,26H,16H2,1H3,(H,24,27)/b23-15-. The highest BCUT2D eigenvalue weighted by Crippen LogP contribution is 2.23. The summed E-state index contributed by atoms with van der Waals surface area (Å²) in [6, 6.07) is 21.3. The van der Waals surface area contributed by atoms with Crippen LogP contribution >= 0.6 is 0 Å². The molecule has 8 heteroatoms. The largest absolute Gasteiger partial charge is 0.507 e. The van der Waals surface area contributed by atoms with Gasteiger partial charge in [-0.05, 0) is 43.3 Å². The van der Waals surface area contributed by atoms with E-state index in [1.807, 2.05) is 6.92 Å². The maximum absolute atomic E-state index is 13.2. The van der Waals surface area contributed by atoms with Crippen molar-refractivity contribution in [1.82, 2.24) is 5.43 Å². The second kappa shape index (κ2) is 9.23. The van der Waals surface area contributed by atoms with Gasteiger partial charge in [0.25, 0.3) is 15.9 Å². The summed E-state index contributed by atoms with van der Waals surface area (Å²) in [4.78, 5) is 12.5. The molecular weight excluding hydrogens is 402 g/mol.